The first-order valence-corrected chi connectivity index (χ1v) is 12.4. The van der Waals surface area contributed by atoms with E-state index in [4.69, 9.17) is 5.73 Å². The summed E-state index contributed by atoms with van der Waals surface area (Å²) in [5.74, 6) is 0.713. The van der Waals surface area contributed by atoms with Crippen molar-refractivity contribution in [3.63, 3.8) is 0 Å². The van der Waals surface area contributed by atoms with Crippen LogP contribution in [0.5, 0.6) is 0 Å². The van der Waals surface area contributed by atoms with Crippen molar-refractivity contribution < 1.29 is 9.18 Å². The molecule has 1 aliphatic rings. The molecule has 3 N–H and O–H groups in total. The number of fused-ring (bicyclic) bond motifs is 1. The van der Waals surface area contributed by atoms with Crippen LogP contribution in [0.4, 0.5) is 32.1 Å². The van der Waals surface area contributed by atoms with Crippen molar-refractivity contribution in [3.8, 4) is 0 Å². The van der Waals surface area contributed by atoms with E-state index in [9.17, 15) is 9.18 Å². The van der Waals surface area contributed by atoms with Gasteiger partial charge < -0.3 is 16.0 Å². The van der Waals surface area contributed by atoms with Gasteiger partial charge in [0, 0.05) is 61.6 Å². The Morgan fingerprint density at radius 2 is 2.14 bits per heavy atom. The summed E-state index contributed by atoms with van der Waals surface area (Å²) < 4.78 is 14.3. The number of rotatable bonds is 8. The van der Waals surface area contributed by atoms with Gasteiger partial charge in [0.25, 0.3) is 0 Å². The Bertz CT molecular complexity index is 1080. The van der Waals surface area contributed by atoms with Crippen LogP contribution in [0.2, 0.25) is 0 Å². The predicted molar refractivity (Wildman–Crippen MR) is 144 cm³/mol. The van der Waals surface area contributed by atoms with Crippen molar-refractivity contribution in [2.24, 2.45) is 16.3 Å². The van der Waals surface area contributed by atoms with Crippen LogP contribution in [0.1, 0.15) is 58.6 Å². The molecule has 7 nitrogen and oxygen atoms in total. The molecule has 0 spiro atoms. The molecule has 1 aromatic carbocycles. The number of aliphatic imine (C=N–C) groups is 1. The lowest BCUT2D eigenvalue weighted by atomic mass is 9.94. The molecule has 0 saturated carbocycles. The number of benzene rings is 1. The Balaban J connectivity index is 1.86. The first kappa shape index (κ1) is 26.4. The second-order valence-corrected chi connectivity index (χ2v) is 10.6. The first-order chi connectivity index (χ1) is 16.5. The molecule has 8 heteroatoms. The Hall–Kier alpha value is -3.16. The number of hydrogen-bond acceptors (Lipinski definition) is 5. The van der Waals surface area contributed by atoms with Crippen molar-refractivity contribution in [3.05, 3.63) is 41.3 Å². The minimum Gasteiger partial charge on any atom is -0.396 e. The summed E-state index contributed by atoms with van der Waals surface area (Å²) >= 11 is 0. The number of carbonyl (C=O) groups excluding carboxylic acids is 1. The van der Waals surface area contributed by atoms with E-state index in [2.05, 4.69) is 60.9 Å². The zero-order valence-electron chi connectivity index (χ0n) is 21.9. The Morgan fingerprint density at radius 1 is 1.40 bits per heavy atom. The van der Waals surface area contributed by atoms with Crippen LogP contribution in [-0.2, 0) is 6.42 Å². The molecule has 35 heavy (non-hydrogen) atoms. The predicted octanol–water partition coefficient (Wildman–Crippen LogP) is 5.73. The van der Waals surface area contributed by atoms with Gasteiger partial charge in [-0.15, -0.1) is 0 Å². The number of amides is 2. The molecular weight excluding hydrogens is 443 g/mol. The van der Waals surface area contributed by atoms with E-state index < -0.39 is 5.82 Å². The number of anilines is 4. The molecule has 0 fully saturated rings. The van der Waals surface area contributed by atoms with Crippen LogP contribution >= 0.6 is 0 Å². The van der Waals surface area contributed by atoms with Crippen LogP contribution in [0, 0.1) is 17.2 Å². The number of hydrogen-bond donors (Lipinski definition) is 2. The lowest BCUT2D eigenvalue weighted by Gasteiger charge is -2.34. The maximum atomic E-state index is 14.3. The third-order valence-electron chi connectivity index (χ3n) is 6.37. The molecule has 1 atom stereocenters. The Kier molecular flexibility index (Phi) is 8.35. The van der Waals surface area contributed by atoms with Crippen LogP contribution in [0.3, 0.4) is 0 Å². The van der Waals surface area contributed by atoms with Gasteiger partial charge in [-0.05, 0) is 42.4 Å². The van der Waals surface area contributed by atoms with Crippen molar-refractivity contribution >= 4 is 35.1 Å². The van der Waals surface area contributed by atoms with Crippen molar-refractivity contribution in [1.29, 1.82) is 0 Å². The fourth-order valence-electron chi connectivity index (χ4n) is 4.35. The zero-order valence-corrected chi connectivity index (χ0v) is 21.9. The van der Waals surface area contributed by atoms with Gasteiger partial charge in [0.1, 0.15) is 11.6 Å². The number of halogens is 1. The summed E-state index contributed by atoms with van der Waals surface area (Å²) in [7, 11) is 1.58. The highest BCUT2D eigenvalue weighted by Gasteiger charge is 2.30. The van der Waals surface area contributed by atoms with E-state index >= 15 is 0 Å². The summed E-state index contributed by atoms with van der Waals surface area (Å²) in [6.07, 6.45) is 6.23. The van der Waals surface area contributed by atoms with Crippen LogP contribution < -0.4 is 20.9 Å². The minimum absolute atomic E-state index is 0.00255. The van der Waals surface area contributed by atoms with Crippen molar-refractivity contribution in [2.75, 3.05) is 47.5 Å². The van der Waals surface area contributed by atoms with Gasteiger partial charge in [0.05, 0.1) is 5.69 Å². The number of nitrogen functional groups attached to an aromatic ring is 1. The lowest BCUT2D eigenvalue weighted by Crippen LogP contribution is -2.35. The van der Waals surface area contributed by atoms with E-state index in [0.29, 0.717) is 29.5 Å². The molecule has 190 valence electrons. The molecule has 1 aromatic heterocycles. The Labute approximate surface area is 208 Å². The summed E-state index contributed by atoms with van der Waals surface area (Å²) in [6.45, 7) is 13.6. The topological polar surface area (TPSA) is 86.9 Å². The SMILES string of the molecule is CCC(C)CCN(CC(C)(C)C)c1ccnc2c1CCN2C(=O)Nc1cc(F)c(N)c(C=NC)c1. The molecular formula is C27H39FN6O. The van der Waals surface area contributed by atoms with Gasteiger partial charge in [0.2, 0.25) is 0 Å². The molecule has 1 aliphatic heterocycles. The van der Waals surface area contributed by atoms with E-state index in [0.717, 1.165) is 43.6 Å². The molecule has 2 aromatic rings. The van der Waals surface area contributed by atoms with Crippen LogP contribution in [0.25, 0.3) is 0 Å². The molecule has 3 rings (SSSR count). The Morgan fingerprint density at radius 3 is 2.80 bits per heavy atom. The van der Waals surface area contributed by atoms with E-state index in [1.807, 2.05) is 0 Å². The molecule has 1 unspecified atom stereocenters. The normalized spacial score (nSPS) is 14.3. The highest BCUT2D eigenvalue weighted by atomic mass is 19.1. The first-order valence-electron chi connectivity index (χ1n) is 12.4. The van der Waals surface area contributed by atoms with Gasteiger partial charge >= 0.3 is 6.03 Å². The largest absolute Gasteiger partial charge is 0.396 e. The van der Waals surface area contributed by atoms with Gasteiger partial charge in [-0.2, -0.15) is 0 Å². The van der Waals surface area contributed by atoms with Crippen LogP contribution in [0.15, 0.2) is 29.4 Å². The smallest absolute Gasteiger partial charge is 0.327 e. The average Bonchev–Trinajstić information content (AvgIpc) is 3.23. The average molecular weight is 483 g/mol. The number of nitrogens with one attached hydrogen (secondary N) is 1. The standard InChI is InChI=1S/C27H39FN6O/c1-7-18(2)9-12-33(17-27(3,4)5)23-8-11-31-25-21(23)10-13-34(25)26(35)32-20-14-19(16-30-6)24(29)22(28)15-20/h8,11,14-16,18H,7,9-10,12-13,17,29H2,1-6H3,(H,32,35). The number of urea groups is 1. The summed E-state index contributed by atoms with van der Waals surface area (Å²) in [5.41, 5.74) is 8.89. The fourth-order valence-corrected chi connectivity index (χ4v) is 4.35. The molecule has 2 amide bonds. The number of carbonyl (C=O) groups is 1. The summed E-state index contributed by atoms with van der Waals surface area (Å²) in [5, 5.41) is 2.80. The van der Waals surface area contributed by atoms with Gasteiger partial charge in [-0.3, -0.25) is 9.89 Å². The number of aromatic nitrogens is 1. The second-order valence-electron chi connectivity index (χ2n) is 10.6. The van der Waals surface area contributed by atoms with E-state index in [1.54, 1.807) is 24.2 Å². The molecule has 0 radical (unpaired) electrons. The van der Waals surface area contributed by atoms with Gasteiger partial charge in [-0.1, -0.05) is 41.0 Å². The highest BCUT2D eigenvalue weighted by Crippen LogP contribution is 2.36. The van der Waals surface area contributed by atoms with Gasteiger partial charge in [-0.25, -0.2) is 14.2 Å². The lowest BCUT2D eigenvalue weighted by molar-refractivity contribution is 0.257. The van der Waals surface area contributed by atoms with Crippen molar-refractivity contribution in [1.82, 2.24) is 4.98 Å². The van der Waals surface area contributed by atoms with Crippen LogP contribution in [-0.4, -0.2) is 43.9 Å². The summed E-state index contributed by atoms with van der Waals surface area (Å²) in [6, 6.07) is 4.55. The van der Waals surface area contributed by atoms with Gasteiger partial charge in [0.15, 0.2) is 0 Å². The molecule has 2 heterocycles. The third-order valence-corrected chi connectivity index (χ3v) is 6.37. The maximum Gasteiger partial charge on any atom is 0.327 e. The monoisotopic (exact) mass is 482 g/mol. The molecule has 0 aliphatic carbocycles. The van der Waals surface area contributed by atoms with Crippen molar-refractivity contribution in [2.45, 2.75) is 53.9 Å². The third kappa shape index (κ3) is 6.50. The second kappa shape index (κ2) is 11.1. The van der Waals surface area contributed by atoms with E-state index in [1.165, 1.54) is 12.3 Å². The molecule has 0 bridgehead atoms. The zero-order chi connectivity index (χ0) is 25.8. The van der Waals surface area contributed by atoms with E-state index in [-0.39, 0.29) is 17.1 Å². The highest BCUT2D eigenvalue weighted by molar-refractivity contribution is 6.03. The maximum absolute atomic E-state index is 14.3. The number of nitrogens with zero attached hydrogens (tertiary/aromatic N) is 4. The number of nitrogens with two attached hydrogens (primary N) is 1. The number of pyridine rings is 1. The summed E-state index contributed by atoms with van der Waals surface area (Å²) in [4.78, 5) is 25.7. The quantitative estimate of drug-likeness (QED) is 0.371. The molecule has 0 saturated heterocycles. The fraction of sp³-hybridized carbons (Fsp3) is 0.519. The minimum atomic E-state index is -0.598.